The van der Waals surface area contributed by atoms with Crippen LogP contribution in [-0.2, 0) is 9.53 Å². The lowest BCUT2D eigenvalue weighted by atomic mass is 10.0. The number of fused-ring (bicyclic) bond motifs is 1. The van der Waals surface area contributed by atoms with Gasteiger partial charge >= 0.3 is 5.97 Å². The molecule has 1 aliphatic heterocycles. The van der Waals surface area contributed by atoms with Crippen LogP contribution in [0.3, 0.4) is 0 Å². The van der Waals surface area contributed by atoms with E-state index in [0.717, 1.165) is 28.4 Å². The van der Waals surface area contributed by atoms with Crippen LogP contribution in [0.25, 0.3) is 0 Å². The van der Waals surface area contributed by atoms with Crippen LogP contribution in [0.2, 0.25) is 0 Å². The first kappa shape index (κ1) is 16.9. The number of benzene rings is 2. The summed E-state index contributed by atoms with van der Waals surface area (Å²) in [6, 6.07) is 15.9. The Morgan fingerprint density at radius 3 is 2.56 bits per heavy atom. The standard InChI is InChI=1S/C20H22N2O3/c1-3-25-20(23)13-15-12-19(14-8-10-16(24-2)11-9-14)22-18-7-5-4-6-17(18)21-15/h4-11,13,19,21-22H,3,12H2,1-2H3/b15-13-. The molecule has 2 aromatic rings. The fraction of sp³-hybridized carbons (Fsp3) is 0.250. The Kier molecular flexibility index (Phi) is 5.23. The number of para-hydroxylation sites is 2. The van der Waals surface area contributed by atoms with Gasteiger partial charge in [0.15, 0.2) is 0 Å². The zero-order valence-electron chi connectivity index (χ0n) is 14.4. The predicted molar refractivity (Wildman–Crippen MR) is 98.8 cm³/mol. The van der Waals surface area contributed by atoms with Crippen LogP contribution in [0.15, 0.2) is 60.3 Å². The summed E-state index contributed by atoms with van der Waals surface area (Å²) in [4.78, 5) is 11.9. The van der Waals surface area contributed by atoms with Crippen molar-refractivity contribution in [3.63, 3.8) is 0 Å². The lowest BCUT2D eigenvalue weighted by Crippen LogP contribution is -2.11. The average Bonchev–Trinajstić information content (AvgIpc) is 2.81. The summed E-state index contributed by atoms with van der Waals surface area (Å²) in [5.41, 5.74) is 3.87. The zero-order chi connectivity index (χ0) is 17.6. The molecule has 2 N–H and O–H groups in total. The lowest BCUT2D eigenvalue weighted by Gasteiger charge is -2.18. The van der Waals surface area contributed by atoms with Gasteiger partial charge in [0.05, 0.1) is 31.1 Å². The molecule has 1 heterocycles. The smallest absolute Gasteiger partial charge is 0.332 e. The summed E-state index contributed by atoms with van der Waals surface area (Å²) >= 11 is 0. The first-order valence-corrected chi connectivity index (χ1v) is 8.33. The van der Waals surface area contributed by atoms with Crippen molar-refractivity contribution in [1.82, 2.24) is 0 Å². The summed E-state index contributed by atoms with van der Waals surface area (Å²) in [7, 11) is 1.65. The van der Waals surface area contributed by atoms with Crippen molar-refractivity contribution in [3.8, 4) is 5.75 Å². The Morgan fingerprint density at radius 1 is 1.16 bits per heavy atom. The van der Waals surface area contributed by atoms with E-state index < -0.39 is 0 Å². The largest absolute Gasteiger partial charge is 0.497 e. The average molecular weight is 338 g/mol. The van der Waals surface area contributed by atoms with Gasteiger partial charge in [0.25, 0.3) is 0 Å². The van der Waals surface area contributed by atoms with E-state index >= 15 is 0 Å². The molecule has 2 aromatic carbocycles. The highest BCUT2D eigenvalue weighted by atomic mass is 16.5. The summed E-state index contributed by atoms with van der Waals surface area (Å²) in [6.07, 6.45) is 2.17. The second kappa shape index (κ2) is 7.75. The molecule has 0 fully saturated rings. The van der Waals surface area contributed by atoms with Gasteiger partial charge in [-0.3, -0.25) is 0 Å². The van der Waals surface area contributed by atoms with E-state index in [-0.39, 0.29) is 12.0 Å². The SMILES string of the molecule is CCOC(=O)/C=C1/CC(c2ccc(OC)cc2)Nc2ccccc2N1. The molecule has 1 aliphatic rings. The zero-order valence-corrected chi connectivity index (χ0v) is 14.4. The molecule has 0 bridgehead atoms. The number of carbonyl (C=O) groups excluding carboxylic acids is 1. The number of esters is 1. The van der Waals surface area contributed by atoms with Gasteiger partial charge in [-0.25, -0.2) is 4.79 Å². The lowest BCUT2D eigenvalue weighted by molar-refractivity contribution is -0.137. The molecule has 0 radical (unpaired) electrons. The summed E-state index contributed by atoms with van der Waals surface area (Å²) in [5, 5.41) is 6.90. The minimum Gasteiger partial charge on any atom is -0.497 e. The summed E-state index contributed by atoms with van der Waals surface area (Å²) in [5.74, 6) is 0.482. The van der Waals surface area contributed by atoms with Gasteiger partial charge in [-0.05, 0) is 36.8 Å². The minimum absolute atomic E-state index is 0.0303. The van der Waals surface area contributed by atoms with E-state index in [1.165, 1.54) is 6.08 Å². The van der Waals surface area contributed by atoms with Gasteiger partial charge in [-0.2, -0.15) is 0 Å². The Hall–Kier alpha value is -2.95. The Labute approximate surface area is 147 Å². The normalized spacial score (nSPS) is 17.7. The molecule has 0 aromatic heterocycles. The maximum Gasteiger partial charge on any atom is 0.332 e. The maximum atomic E-state index is 11.9. The second-order valence-electron chi connectivity index (χ2n) is 5.77. The quantitative estimate of drug-likeness (QED) is 0.649. The Bertz CT molecular complexity index is 769. The highest BCUT2D eigenvalue weighted by Gasteiger charge is 2.20. The number of methoxy groups -OCH3 is 1. The number of rotatable bonds is 4. The first-order chi connectivity index (χ1) is 12.2. The summed E-state index contributed by atoms with van der Waals surface area (Å²) < 4.78 is 10.3. The first-order valence-electron chi connectivity index (χ1n) is 8.33. The highest BCUT2D eigenvalue weighted by molar-refractivity contribution is 5.84. The molecule has 3 rings (SSSR count). The fourth-order valence-corrected chi connectivity index (χ4v) is 2.86. The van der Waals surface area contributed by atoms with E-state index in [1.54, 1.807) is 14.0 Å². The molecule has 5 heteroatoms. The number of hydrogen-bond donors (Lipinski definition) is 2. The molecule has 0 aliphatic carbocycles. The van der Waals surface area contributed by atoms with Gasteiger partial charge in [-0.15, -0.1) is 0 Å². The number of ether oxygens (including phenoxy) is 2. The molecule has 5 nitrogen and oxygen atoms in total. The van der Waals surface area contributed by atoms with Gasteiger partial charge in [0, 0.05) is 18.2 Å². The van der Waals surface area contributed by atoms with Gasteiger partial charge in [-0.1, -0.05) is 24.3 Å². The molecular formula is C20H22N2O3. The topological polar surface area (TPSA) is 59.6 Å². The monoisotopic (exact) mass is 338 g/mol. The number of carbonyl (C=O) groups is 1. The summed E-state index contributed by atoms with van der Waals surface area (Å²) in [6.45, 7) is 2.16. The molecule has 0 spiro atoms. The van der Waals surface area contributed by atoms with Crippen molar-refractivity contribution in [2.24, 2.45) is 0 Å². The third-order valence-corrected chi connectivity index (χ3v) is 4.07. The van der Waals surface area contributed by atoms with Crippen molar-refractivity contribution in [2.45, 2.75) is 19.4 Å². The molecule has 130 valence electrons. The molecule has 1 atom stereocenters. The molecular weight excluding hydrogens is 316 g/mol. The minimum atomic E-state index is -0.335. The molecule has 0 saturated carbocycles. The van der Waals surface area contributed by atoms with Crippen LogP contribution in [0, 0.1) is 0 Å². The van der Waals surface area contributed by atoms with E-state index in [2.05, 4.69) is 10.6 Å². The van der Waals surface area contributed by atoms with Crippen LogP contribution in [0.4, 0.5) is 11.4 Å². The Morgan fingerprint density at radius 2 is 1.88 bits per heavy atom. The van der Waals surface area contributed by atoms with Crippen molar-refractivity contribution in [3.05, 3.63) is 65.9 Å². The van der Waals surface area contributed by atoms with E-state index in [9.17, 15) is 4.79 Å². The maximum absolute atomic E-state index is 11.9. The van der Waals surface area contributed by atoms with Gasteiger partial charge in [0.1, 0.15) is 5.75 Å². The predicted octanol–water partition coefficient (Wildman–Crippen LogP) is 4.11. The van der Waals surface area contributed by atoms with Crippen molar-refractivity contribution >= 4 is 17.3 Å². The number of nitrogens with one attached hydrogen (secondary N) is 2. The van der Waals surface area contributed by atoms with E-state index in [1.807, 2.05) is 48.5 Å². The second-order valence-corrected chi connectivity index (χ2v) is 5.77. The van der Waals surface area contributed by atoms with Crippen LogP contribution in [-0.4, -0.2) is 19.7 Å². The third-order valence-electron chi connectivity index (χ3n) is 4.07. The van der Waals surface area contributed by atoms with Crippen molar-refractivity contribution in [1.29, 1.82) is 0 Å². The van der Waals surface area contributed by atoms with Crippen LogP contribution in [0.1, 0.15) is 24.9 Å². The van der Waals surface area contributed by atoms with Gasteiger partial charge in [0.2, 0.25) is 0 Å². The van der Waals surface area contributed by atoms with E-state index in [4.69, 9.17) is 9.47 Å². The van der Waals surface area contributed by atoms with Crippen LogP contribution >= 0.6 is 0 Å². The number of anilines is 2. The molecule has 25 heavy (non-hydrogen) atoms. The molecule has 0 saturated heterocycles. The fourth-order valence-electron chi connectivity index (χ4n) is 2.86. The van der Waals surface area contributed by atoms with Gasteiger partial charge < -0.3 is 20.1 Å². The Balaban J connectivity index is 1.93. The third kappa shape index (κ3) is 4.12. The number of hydrogen-bond acceptors (Lipinski definition) is 5. The van der Waals surface area contributed by atoms with E-state index in [0.29, 0.717) is 13.0 Å². The molecule has 1 unspecified atom stereocenters. The van der Waals surface area contributed by atoms with Crippen molar-refractivity contribution in [2.75, 3.05) is 24.4 Å². The van der Waals surface area contributed by atoms with Crippen LogP contribution < -0.4 is 15.4 Å². The molecule has 0 amide bonds. The van der Waals surface area contributed by atoms with Crippen LogP contribution in [0.5, 0.6) is 5.75 Å². The highest BCUT2D eigenvalue weighted by Crippen LogP contribution is 2.35. The van der Waals surface area contributed by atoms with Crippen molar-refractivity contribution < 1.29 is 14.3 Å².